The zero-order chi connectivity index (χ0) is 14.0. The summed E-state index contributed by atoms with van der Waals surface area (Å²) in [6.45, 7) is 6.77. The van der Waals surface area contributed by atoms with Crippen LogP contribution < -0.4 is 0 Å². The van der Waals surface area contributed by atoms with E-state index in [1.54, 1.807) is 6.20 Å². The monoisotopic (exact) mass is 259 g/mol. The van der Waals surface area contributed by atoms with Gasteiger partial charge in [-0.15, -0.1) is 0 Å². The van der Waals surface area contributed by atoms with E-state index in [0.29, 0.717) is 5.56 Å². The molecule has 1 N–H and O–H groups in total. The maximum atomic E-state index is 11.3. The fourth-order valence-corrected chi connectivity index (χ4v) is 2.30. The summed E-state index contributed by atoms with van der Waals surface area (Å²) in [7, 11) is 0. The molecular weight excluding hydrogens is 242 g/mol. The second-order valence-electron chi connectivity index (χ2n) is 4.50. The zero-order valence-corrected chi connectivity index (χ0v) is 11.3. The van der Waals surface area contributed by atoms with Gasteiger partial charge in [-0.1, -0.05) is 6.92 Å². The summed E-state index contributed by atoms with van der Waals surface area (Å²) >= 11 is 0. The van der Waals surface area contributed by atoms with Crippen molar-refractivity contribution in [2.45, 2.75) is 33.7 Å². The summed E-state index contributed by atoms with van der Waals surface area (Å²) in [5.41, 5.74) is 3.58. The number of aryl methyl sites for hydroxylation is 2. The summed E-state index contributed by atoms with van der Waals surface area (Å²) in [6, 6.07) is 1.52. The fourth-order valence-electron chi connectivity index (χ4n) is 2.30. The normalized spacial score (nSPS) is 10.7. The number of pyridine rings is 1. The van der Waals surface area contributed by atoms with E-state index in [9.17, 15) is 9.90 Å². The van der Waals surface area contributed by atoms with Crippen LogP contribution in [-0.2, 0) is 6.54 Å². The van der Waals surface area contributed by atoms with Crippen LogP contribution in [0.25, 0.3) is 11.1 Å². The van der Waals surface area contributed by atoms with Gasteiger partial charge < -0.3 is 5.11 Å². The molecule has 19 heavy (non-hydrogen) atoms. The Balaban J connectivity index is 2.62. The van der Waals surface area contributed by atoms with Crippen molar-refractivity contribution in [3.63, 3.8) is 0 Å². The molecule has 100 valence electrons. The Hall–Kier alpha value is -2.17. The summed E-state index contributed by atoms with van der Waals surface area (Å²) in [6.07, 6.45) is 4.07. The highest BCUT2D eigenvalue weighted by molar-refractivity contribution is 5.96. The van der Waals surface area contributed by atoms with Gasteiger partial charge in [-0.2, -0.15) is 5.10 Å². The molecule has 0 aliphatic carbocycles. The fraction of sp³-hybridized carbons (Fsp3) is 0.357. The van der Waals surface area contributed by atoms with Crippen molar-refractivity contribution in [1.29, 1.82) is 0 Å². The summed E-state index contributed by atoms with van der Waals surface area (Å²) in [5.74, 6) is -0.945. The quantitative estimate of drug-likeness (QED) is 0.916. The van der Waals surface area contributed by atoms with Crippen LogP contribution >= 0.6 is 0 Å². The van der Waals surface area contributed by atoms with E-state index in [1.807, 2.05) is 18.5 Å². The molecule has 0 spiro atoms. The first kappa shape index (κ1) is 13.3. The molecule has 2 heterocycles. The third-order valence-corrected chi connectivity index (χ3v) is 3.14. The lowest BCUT2D eigenvalue weighted by atomic mass is 10.0. The number of rotatable bonds is 4. The Labute approximate surface area is 111 Å². The van der Waals surface area contributed by atoms with Gasteiger partial charge in [0.15, 0.2) is 0 Å². The highest BCUT2D eigenvalue weighted by atomic mass is 16.4. The number of aromatic nitrogens is 3. The first-order valence-electron chi connectivity index (χ1n) is 6.28. The molecule has 2 aromatic heterocycles. The standard InChI is InChI=1S/C14H17N3O2/c1-4-7-17-10(3)13(9(2)16-17)12-8-15-6-5-11(12)14(18)19/h5-6,8H,4,7H2,1-3H3,(H,18,19). The molecule has 0 radical (unpaired) electrons. The molecule has 0 aromatic carbocycles. The van der Waals surface area contributed by atoms with Gasteiger partial charge in [-0.3, -0.25) is 9.67 Å². The second kappa shape index (κ2) is 5.22. The van der Waals surface area contributed by atoms with Crippen LogP contribution in [0.3, 0.4) is 0 Å². The Morgan fingerprint density at radius 3 is 2.79 bits per heavy atom. The third kappa shape index (κ3) is 2.36. The van der Waals surface area contributed by atoms with Crippen molar-refractivity contribution in [3.05, 3.63) is 35.4 Å². The van der Waals surface area contributed by atoms with E-state index in [4.69, 9.17) is 0 Å². The van der Waals surface area contributed by atoms with Gasteiger partial charge in [0.05, 0.1) is 11.3 Å². The number of carbonyl (C=O) groups is 1. The van der Waals surface area contributed by atoms with Crippen LogP contribution in [0, 0.1) is 13.8 Å². The molecule has 2 rings (SSSR count). The molecule has 0 saturated heterocycles. The topological polar surface area (TPSA) is 68.0 Å². The Bertz CT molecular complexity index is 617. The molecular formula is C14H17N3O2. The number of carboxylic acids is 1. The summed E-state index contributed by atoms with van der Waals surface area (Å²) in [4.78, 5) is 15.3. The zero-order valence-electron chi connectivity index (χ0n) is 11.3. The SMILES string of the molecule is CCCn1nc(C)c(-c2cnccc2C(=O)O)c1C. The predicted octanol–water partition coefficient (Wildman–Crippen LogP) is 2.67. The number of hydrogen-bond donors (Lipinski definition) is 1. The van der Waals surface area contributed by atoms with Crippen LogP contribution in [0.5, 0.6) is 0 Å². The minimum Gasteiger partial charge on any atom is -0.478 e. The number of hydrogen-bond acceptors (Lipinski definition) is 3. The van der Waals surface area contributed by atoms with Crippen LogP contribution in [0.1, 0.15) is 35.1 Å². The van der Waals surface area contributed by atoms with E-state index in [0.717, 1.165) is 29.9 Å². The van der Waals surface area contributed by atoms with Crippen LogP contribution in [0.4, 0.5) is 0 Å². The predicted molar refractivity (Wildman–Crippen MR) is 72.2 cm³/mol. The Kier molecular flexibility index (Phi) is 3.64. The van der Waals surface area contributed by atoms with Gasteiger partial charge >= 0.3 is 5.97 Å². The third-order valence-electron chi connectivity index (χ3n) is 3.14. The van der Waals surface area contributed by atoms with Crippen molar-refractivity contribution in [1.82, 2.24) is 14.8 Å². The van der Waals surface area contributed by atoms with Crippen molar-refractivity contribution < 1.29 is 9.90 Å². The van der Waals surface area contributed by atoms with Crippen LogP contribution in [-0.4, -0.2) is 25.8 Å². The van der Waals surface area contributed by atoms with Crippen molar-refractivity contribution in [2.75, 3.05) is 0 Å². The van der Waals surface area contributed by atoms with Gasteiger partial charge in [0, 0.05) is 35.8 Å². The lowest BCUT2D eigenvalue weighted by Gasteiger charge is -2.06. The number of aromatic carboxylic acids is 1. The Morgan fingerprint density at radius 2 is 2.16 bits per heavy atom. The van der Waals surface area contributed by atoms with Crippen LogP contribution in [0.2, 0.25) is 0 Å². The molecule has 0 aliphatic rings. The molecule has 0 unspecified atom stereocenters. The van der Waals surface area contributed by atoms with Gasteiger partial charge in [-0.25, -0.2) is 4.79 Å². The van der Waals surface area contributed by atoms with Crippen molar-refractivity contribution in [2.24, 2.45) is 0 Å². The maximum Gasteiger partial charge on any atom is 0.336 e. The van der Waals surface area contributed by atoms with Crippen molar-refractivity contribution >= 4 is 5.97 Å². The minimum atomic E-state index is -0.945. The van der Waals surface area contributed by atoms with Gasteiger partial charge in [0.2, 0.25) is 0 Å². The molecule has 0 fully saturated rings. The molecule has 0 atom stereocenters. The molecule has 5 nitrogen and oxygen atoms in total. The van der Waals surface area contributed by atoms with E-state index < -0.39 is 5.97 Å². The Morgan fingerprint density at radius 1 is 1.42 bits per heavy atom. The second-order valence-corrected chi connectivity index (χ2v) is 4.50. The van der Waals surface area contributed by atoms with Crippen molar-refractivity contribution in [3.8, 4) is 11.1 Å². The smallest absolute Gasteiger partial charge is 0.336 e. The van der Waals surface area contributed by atoms with E-state index in [-0.39, 0.29) is 5.56 Å². The first-order valence-corrected chi connectivity index (χ1v) is 6.28. The molecule has 2 aromatic rings. The number of nitrogens with zero attached hydrogens (tertiary/aromatic N) is 3. The lowest BCUT2D eigenvalue weighted by Crippen LogP contribution is -2.03. The van der Waals surface area contributed by atoms with E-state index in [1.165, 1.54) is 12.3 Å². The highest BCUT2D eigenvalue weighted by Gasteiger charge is 2.19. The van der Waals surface area contributed by atoms with Gasteiger partial charge in [-0.05, 0) is 26.3 Å². The van der Waals surface area contributed by atoms with Gasteiger partial charge in [0.1, 0.15) is 0 Å². The van der Waals surface area contributed by atoms with Gasteiger partial charge in [0.25, 0.3) is 0 Å². The van der Waals surface area contributed by atoms with E-state index >= 15 is 0 Å². The summed E-state index contributed by atoms with van der Waals surface area (Å²) in [5, 5.41) is 13.7. The highest BCUT2D eigenvalue weighted by Crippen LogP contribution is 2.29. The van der Waals surface area contributed by atoms with Crippen LogP contribution in [0.15, 0.2) is 18.5 Å². The maximum absolute atomic E-state index is 11.3. The van der Waals surface area contributed by atoms with E-state index in [2.05, 4.69) is 17.0 Å². The number of carboxylic acid groups (broad SMARTS) is 1. The molecule has 0 bridgehead atoms. The molecule has 0 aliphatic heterocycles. The largest absolute Gasteiger partial charge is 0.478 e. The average Bonchev–Trinajstić information content (AvgIpc) is 2.65. The summed E-state index contributed by atoms with van der Waals surface area (Å²) < 4.78 is 1.92. The average molecular weight is 259 g/mol. The lowest BCUT2D eigenvalue weighted by molar-refractivity contribution is 0.0697. The first-order chi connectivity index (χ1) is 9.06. The molecule has 5 heteroatoms. The molecule has 0 amide bonds. The molecule has 0 saturated carbocycles. The minimum absolute atomic E-state index is 0.261.